The summed E-state index contributed by atoms with van der Waals surface area (Å²) in [4.78, 5) is 13.0. The number of ketones is 1. The predicted molar refractivity (Wildman–Crippen MR) is 46.2 cm³/mol. The van der Waals surface area contributed by atoms with Gasteiger partial charge >= 0.3 is 0 Å². The molecule has 1 saturated heterocycles. The van der Waals surface area contributed by atoms with Gasteiger partial charge in [0.2, 0.25) is 0 Å². The number of β-amino-alcohol motifs (C(OH)–C–C–N with tert-alkyl or cyclic N) is 2. The first-order chi connectivity index (χ1) is 6.16. The van der Waals surface area contributed by atoms with Gasteiger partial charge in [-0.05, 0) is 6.42 Å². The smallest absolute Gasteiger partial charge is 0.134 e. The van der Waals surface area contributed by atoms with Gasteiger partial charge in [0.1, 0.15) is 5.78 Å². The first kappa shape index (κ1) is 9.12. The van der Waals surface area contributed by atoms with Crippen LogP contribution in [0.3, 0.4) is 0 Å². The molecule has 0 radical (unpaired) electrons. The van der Waals surface area contributed by atoms with Crippen LogP contribution in [0.25, 0.3) is 0 Å². The maximum Gasteiger partial charge on any atom is 0.134 e. The molecule has 0 spiro atoms. The number of nitrogens with zero attached hydrogens (tertiary/aromatic N) is 1. The van der Waals surface area contributed by atoms with Crippen LogP contribution in [0.15, 0.2) is 0 Å². The van der Waals surface area contributed by atoms with Crippen molar-refractivity contribution in [3.8, 4) is 0 Å². The molecule has 2 rings (SSSR count). The molecule has 1 aliphatic carbocycles. The van der Waals surface area contributed by atoms with E-state index in [1.54, 1.807) is 0 Å². The Labute approximate surface area is 77.2 Å². The van der Waals surface area contributed by atoms with Crippen molar-refractivity contribution in [3.05, 3.63) is 0 Å². The highest BCUT2D eigenvalue weighted by molar-refractivity contribution is 5.81. The standard InChI is InChI=1S/C9H15NO3/c11-7-2-1-6(3-7)10-4-8(12)9(13)5-10/h6,8-9,12-13H,1-5H2. The second-order valence-corrected chi connectivity index (χ2v) is 4.02. The SMILES string of the molecule is O=C1CCC(N2CC(O)C(O)C2)C1. The topological polar surface area (TPSA) is 60.8 Å². The lowest BCUT2D eigenvalue weighted by Crippen LogP contribution is -2.32. The summed E-state index contributed by atoms with van der Waals surface area (Å²) in [5, 5.41) is 18.6. The van der Waals surface area contributed by atoms with Gasteiger partial charge in [-0.2, -0.15) is 0 Å². The van der Waals surface area contributed by atoms with Crippen molar-refractivity contribution in [2.75, 3.05) is 13.1 Å². The maximum absolute atomic E-state index is 11.0. The summed E-state index contributed by atoms with van der Waals surface area (Å²) < 4.78 is 0. The van der Waals surface area contributed by atoms with Crippen LogP contribution in [0.2, 0.25) is 0 Å². The third-order valence-electron chi connectivity index (χ3n) is 3.02. The molecule has 0 amide bonds. The Hall–Kier alpha value is -0.450. The largest absolute Gasteiger partial charge is 0.389 e. The average molecular weight is 185 g/mol. The summed E-state index contributed by atoms with van der Waals surface area (Å²) in [7, 11) is 0. The van der Waals surface area contributed by atoms with Crippen molar-refractivity contribution in [2.45, 2.75) is 37.5 Å². The van der Waals surface area contributed by atoms with Crippen LogP contribution in [0.4, 0.5) is 0 Å². The molecule has 2 N–H and O–H groups in total. The van der Waals surface area contributed by atoms with Gasteiger partial charge in [0.05, 0.1) is 12.2 Å². The number of aliphatic hydroxyl groups is 2. The molecule has 3 atom stereocenters. The Morgan fingerprint density at radius 2 is 1.85 bits per heavy atom. The van der Waals surface area contributed by atoms with Crippen molar-refractivity contribution in [1.29, 1.82) is 0 Å². The number of carbonyl (C=O) groups excluding carboxylic acids is 1. The summed E-state index contributed by atoms with van der Waals surface area (Å²) in [6.07, 6.45) is 0.886. The van der Waals surface area contributed by atoms with Gasteiger partial charge in [-0.15, -0.1) is 0 Å². The molecule has 13 heavy (non-hydrogen) atoms. The van der Waals surface area contributed by atoms with Crippen molar-refractivity contribution in [2.24, 2.45) is 0 Å². The normalized spacial score (nSPS) is 41.7. The highest BCUT2D eigenvalue weighted by Crippen LogP contribution is 2.24. The van der Waals surface area contributed by atoms with Gasteiger partial charge in [0, 0.05) is 32.0 Å². The minimum Gasteiger partial charge on any atom is -0.389 e. The molecule has 1 heterocycles. The second-order valence-electron chi connectivity index (χ2n) is 4.02. The van der Waals surface area contributed by atoms with Crippen LogP contribution in [0.5, 0.6) is 0 Å². The van der Waals surface area contributed by atoms with Crippen molar-refractivity contribution in [3.63, 3.8) is 0 Å². The maximum atomic E-state index is 11.0. The third-order valence-corrected chi connectivity index (χ3v) is 3.02. The molecule has 4 heteroatoms. The highest BCUT2D eigenvalue weighted by atomic mass is 16.3. The van der Waals surface area contributed by atoms with Crippen LogP contribution in [-0.2, 0) is 4.79 Å². The van der Waals surface area contributed by atoms with E-state index in [1.807, 2.05) is 4.90 Å². The molecule has 0 aromatic rings. The van der Waals surface area contributed by atoms with Crippen LogP contribution >= 0.6 is 0 Å². The van der Waals surface area contributed by atoms with Crippen LogP contribution in [-0.4, -0.2) is 52.2 Å². The van der Waals surface area contributed by atoms with E-state index >= 15 is 0 Å². The molecule has 74 valence electrons. The number of rotatable bonds is 1. The van der Waals surface area contributed by atoms with Crippen molar-refractivity contribution in [1.82, 2.24) is 4.90 Å². The zero-order valence-electron chi connectivity index (χ0n) is 7.52. The minimum atomic E-state index is -0.629. The first-order valence-corrected chi connectivity index (χ1v) is 4.78. The molecule has 2 aliphatic rings. The molecule has 1 aliphatic heterocycles. The molecule has 3 unspecified atom stereocenters. The van der Waals surface area contributed by atoms with E-state index in [2.05, 4.69) is 0 Å². The van der Waals surface area contributed by atoms with E-state index in [4.69, 9.17) is 0 Å². The van der Waals surface area contributed by atoms with Crippen molar-refractivity contribution < 1.29 is 15.0 Å². The van der Waals surface area contributed by atoms with Gasteiger partial charge in [-0.1, -0.05) is 0 Å². The number of hydrogen-bond acceptors (Lipinski definition) is 4. The van der Waals surface area contributed by atoms with E-state index in [1.165, 1.54) is 0 Å². The summed E-state index contributed by atoms with van der Waals surface area (Å²) in [6, 6.07) is 0.263. The summed E-state index contributed by atoms with van der Waals surface area (Å²) >= 11 is 0. The van der Waals surface area contributed by atoms with Crippen LogP contribution < -0.4 is 0 Å². The number of Topliss-reactive ketones (excluding diaryl/α,β-unsaturated/α-hetero) is 1. The zero-order valence-corrected chi connectivity index (χ0v) is 7.52. The highest BCUT2D eigenvalue weighted by Gasteiger charge is 2.36. The Morgan fingerprint density at radius 3 is 2.31 bits per heavy atom. The Bertz CT molecular complexity index is 209. The fraction of sp³-hybridized carbons (Fsp3) is 0.889. The molecule has 0 aromatic heterocycles. The average Bonchev–Trinajstić information content (AvgIpc) is 2.61. The predicted octanol–water partition coefficient (Wildman–Crippen LogP) is -0.855. The Balaban J connectivity index is 1.92. The third kappa shape index (κ3) is 1.75. The zero-order chi connectivity index (χ0) is 9.42. The molecule has 2 fully saturated rings. The van der Waals surface area contributed by atoms with E-state index in [-0.39, 0.29) is 6.04 Å². The fourth-order valence-electron chi connectivity index (χ4n) is 2.20. The quantitative estimate of drug-likeness (QED) is 0.558. The number of likely N-dealkylation sites (tertiary alicyclic amines) is 1. The summed E-state index contributed by atoms with van der Waals surface area (Å²) in [5.41, 5.74) is 0. The van der Waals surface area contributed by atoms with Gasteiger partial charge in [-0.3, -0.25) is 9.69 Å². The van der Waals surface area contributed by atoms with E-state index in [0.29, 0.717) is 31.7 Å². The fourth-order valence-corrected chi connectivity index (χ4v) is 2.20. The number of carbonyl (C=O) groups is 1. The van der Waals surface area contributed by atoms with Gasteiger partial charge in [-0.25, -0.2) is 0 Å². The Kier molecular flexibility index (Phi) is 2.36. The molecule has 0 bridgehead atoms. The van der Waals surface area contributed by atoms with Gasteiger partial charge in [0.15, 0.2) is 0 Å². The van der Waals surface area contributed by atoms with E-state index in [0.717, 1.165) is 6.42 Å². The minimum absolute atomic E-state index is 0.263. The first-order valence-electron chi connectivity index (χ1n) is 4.78. The Morgan fingerprint density at radius 1 is 1.23 bits per heavy atom. The van der Waals surface area contributed by atoms with E-state index < -0.39 is 12.2 Å². The summed E-state index contributed by atoms with van der Waals surface area (Å²) in [6.45, 7) is 1.03. The second kappa shape index (κ2) is 3.36. The van der Waals surface area contributed by atoms with Crippen LogP contribution in [0, 0.1) is 0 Å². The van der Waals surface area contributed by atoms with Gasteiger partial charge < -0.3 is 10.2 Å². The molecule has 1 saturated carbocycles. The lowest BCUT2D eigenvalue weighted by Gasteiger charge is -2.21. The lowest BCUT2D eigenvalue weighted by molar-refractivity contribution is -0.117. The van der Waals surface area contributed by atoms with Gasteiger partial charge in [0.25, 0.3) is 0 Å². The molecule has 4 nitrogen and oxygen atoms in total. The lowest BCUT2D eigenvalue weighted by atomic mass is 10.2. The molecular weight excluding hydrogens is 170 g/mol. The molecular formula is C9H15NO3. The van der Waals surface area contributed by atoms with Crippen LogP contribution in [0.1, 0.15) is 19.3 Å². The van der Waals surface area contributed by atoms with E-state index in [9.17, 15) is 15.0 Å². The van der Waals surface area contributed by atoms with Crippen molar-refractivity contribution >= 4 is 5.78 Å². The number of hydrogen-bond donors (Lipinski definition) is 2. The monoisotopic (exact) mass is 185 g/mol. The number of aliphatic hydroxyl groups excluding tert-OH is 2. The summed E-state index contributed by atoms with van der Waals surface area (Å²) in [5.74, 6) is 0.306. The molecule has 0 aromatic carbocycles.